The van der Waals surface area contributed by atoms with Crippen LogP contribution in [0.2, 0.25) is 10.0 Å². The Morgan fingerprint density at radius 1 is 1.09 bits per heavy atom. The van der Waals surface area contributed by atoms with Crippen molar-refractivity contribution in [3.63, 3.8) is 0 Å². The lowest BCUT2D eigenvalue weighted by Crippen LogP contribution is -2.36. The highest BCUT2D eigenvalue weighted by Crippen LogP contribution is 2.25. The summed E-state index contributed by atoms with van der Waals surface area (Å²) in [5.41, 5.74) is 0.311. The summed E-state index contributed by atoms with van der Waals surface area (Å²) < 4.78 is 40.2. The van der Waals surface area contributed by atoms with Gasteiger partial charge in [0.2, 0.25) is 5.91 Å². The predicted molar refractivity (Wildman–Crippen MR) is 132 cm³/mol. The highest BCUT2D eigenvalue weighted by atomic mass is 35.5. The molecule has 11 heteroatoms. The summed E-state index contributed by atoms with van der Waals surface area (Å²) >= 11 is 12.1. The van der Waals surface area contributed by atoms with Crippen LogP contribution in [0.15, 0.2) is 53.3 Å². The van der Waals surface area contributed by atoms with Crippen LogP contribution in [0.4, 0.5) is 13.2 Å². The summed E-state index contributed by atoms with van der Waals surface area (Å²) in [5, 5.41) is 7.86. The van der Waals surface area contributed by atoms with Gasteiger partial charge >= 0.3 is 11.9 Å². The maximum Gasteiger partial charge on any atom is 0.390 e. The van der Waals surface area contributed by atoms with E-state index in [1.54, 1.807) is 36.4 Å². The van der Waals surface area contributed by atoms with Gasteiger partial charge in [-0.15, -0.1) is 5.10 Å². The molecule has 1 atom stereocenters. The summed E-state index contributed by atoms with van der Waals surface area (Å²) in [7, 11) is 0. The third kappa shape index (κ3) is 7.86. The summed E-state index contributed by atoms with van der Waals surface area (Å²) in [6.07, 6.45) is -5.13. The number of rotatable bonds is 8. The second-order valence-electron chi connectivity index (χ2n) is 7.34. The van der Waals surface area contributed by atoms with Crippen molar-refractivity contribution in [3.05, 3.63) is 74.6 Å². The van der Waals surface area contributed by atoms with Gasteiger partial charge in [0, 0.05) is 22.2 Å². The van der Waals surface area contributed by atoms with Crippen LogP contribution in [0.25, 0.3) is 11.4 Å². The predicted octanol–water partition coefficient (Wildman–Crippen LogP) is 6.26. The molecule has 0 saturated carbocycles. The fraction of sp³-hybridized carbons (Fsp3) is 0.375. The van der Waals surface area contributed by atoms with Gasteiger partial charge in [0.25, 0.3) is 0 Å². The Balaban J connectivity index is 0.00000210. The van der Waals surface area contributed by atoms with Gasteiger partial charge in [0.05, 0.1) is 12.5 Å². The SMILES string of the molecule is CC.CCC(NC(=O)Cn1nc(-c2ccc(Cl)cc2)n(CCC(F)(F)F)c1=O)c1ccccc1Cl. The summed E-state index contributed by atoms with van der Waals surface area (Å²) in [4.78, 5) is 25.5. The van der Waals surface area contributed by atoms with E-state index in [1.807, 2.05) is 20.8 Å². The zero-order valence-electron chi connectivity index (χ0n) is 19.6. The highest BCUT2D eigenvalue weighted by molar-refractivity contribution is 6.31. The number of hydrogen-bond donors (Lipinski definition) is 1. The number of benzene rings is 2. The van der Waals surface area contributed by atoms with Crippen LogP contribution in [-0.4, -0.2) is 26.4 Å². The number of nitrogens with one attached hydrogen (secondary N) is 1. The number of hydrogen-bond acceptors (Lipinski definition) is 3. The number of carbonyl (C=O) groups excluding carboxylic acids is 1. The first kappa shape index (κ1) is 28.5. The first-order chi connectivity index (χ1) is 16.6. The lowest BCUT2D eigenvalue weighted by atomic mass is 10.0. The van der Waals surface area contributed by atoms with Crippen LogP contribution in [0.5, 0.6) is 0 Å². The van der Waals surface area contributed by atoms with Gasteiger partial charge in [0.1, 0.15) is 6.54 Å². The molecule has 0 aliphatic rings. The quantitative estimate of drug-likeness (QED) is 0.373. The molecule has 0 radical (unpaired) electrons. The van der Waals surface area contributed by atoms with E-state index >= 15 is 0 Å². The van der Waals surface area contributed by atoms with E-state index in [2.05, 4.69) is 10.4 Å². The minimum atomic E-state index is -4.46. The molecule has 35 heavy (non-hydrogen) atoms. The average molecular weight is 531 g/mol. The maximum absolute atomic E-state index is 12.8. The number of alkyl halides is 3. The molecule has 1 N–H and O–H groups in total. The Morgan fingerprint density at radius 3 is 2.29 bits per heavy atom. The molecule has 0 spiro atoms. The summed E-state index contributed by atoms with van der Waals surface area (Å²) in [5.74, 6) is -0.501. The van der Waals surface area contributed by atoms with Gasteiger partial charge in [-0.25, -0.2) is 9.48 Å². The number of aromatic nitrogens is 3. The largest absolute Gasteiger partial charge is 0.390 e. The molecule has 0 bridgehead atoms. The smallest absolute Gasteiger partial charge is 0.348 e. The number of halogens is 5. The Morgan fingerprint density at radius 2 is 1.71 bits per heavy atom. The molecule has 3 aromatic rings. The van der Waals surface area contributed by atoms with Gasteiger partial charge in [-0.3, -0.25) is 9.36 Å². The molecule has 0 aliphatic heterocycles. The molecule has 2 aromatic carbocycles. The van der Waals surface area contributed by atoms with Crippen LogP contribution in [0.1, 0.15) is 45.2 Å². The molecule has 190 valence electrons. The van der Waals surface area contributed by atoms with Crippen molar-refractivity contribution in [2.45, 2.75) is 58.9 Å². The molecule has 1 aromatic heterocycles. The van der Waals surface area contributed by atoms with E-state index in [9.17, 15) is 22.8 Å². The van der Waals surface area contributed by atoms with Crippen LogP contribution in [0.3, 0.4) is 0 Å². The normalized spacial score (nSPS) is 12.0. The third-order valence-corrected chi connectivity index (χ3v) is 5.56. The standard InChI is InChI=1S/C22H21Cl2F3N4O2.C2H6/c1-2-18(16-5-3-4-6-17(16)24)28-19(32)13-31-21(33)30(12-11-22(25,26)27)20(29-31)14-7-9-15(23)10-8-14;1-2/h3-10,18H,2,11-13H2,1H3,(H,28,32);1-2H3. The van der Waals surface area contributed by atoms with Crippen LogP contribution < -0.4 is 11.0 Å². The minimum absolute atomic E-state index is 0.0202. The monoisotopic (exact) mass is 530 g/mol. The molecule has 0 fully saturated rings. The van der Waals surface area contributed by atoms with Gasteiger partial charge in [-0.2, -0.15) is 13.2 Å². The molecular weight excluding hydrogens is 504 g/mol. The first-order valence-corrected chi connectivity index (χ1v) is 11.9. The molecule has 6 nitrogen and oxygen atoms in total. The molecule has 1 amide bonds. The summed E-state index contributed by atoms with van der Waals surface area (Å²) in [6, 6.07) is 12.8. The van der Waals surface area contributed by atoms with Crippen molar-refractivity contribution in [2.24, 2.45) is 0 Å². The molecule has 0 aliphatic carbocycles. The lowest BCUT2D eigenvalue weighted by Gasteiger charge is -2.18. The maximum atomic E-state index is 12.8. The molecule has 3 rings (SSSR count). The minimum Gasteiger partial charge on any atom is -0.348 e. The van der Waals surface area contributed by atoms with Gasteiger partial charge < -0.3 is 5.32 Å². The zero-order valence-corrected chi connectivity index (χ0v) is 21.1. The van der Waals surface area contributed by atoms with Crippen LogP contribution in [-0.2, 0) is 17.9 Å². The molecule has 1 unspecified atom stereocenters. The number of nitrogens with zero attached hydrogens (tertiary/aromatic N) is 3. The number of carbonyl (C=O) groups is 1. The fourth-order valence-corrected chi connectivity index (χ4v) is 3.72. The molecule has 1 heterocycles. The Kier molecular flexibility index (Phi) is 10.4. The van der Waals surface area contributed by atoms with Crippen molar-refractivity contribution >= 4 is 29.1 Å². The van der Waals surface area contributed by atoms with Crippen molar-refractivity contribution in [3.8, 4) is 11.4 Å². The van der Waals surface area contributed by atoms with E-state index in [1.165, 1.54) is 12.1 Å². The highest BCUT2D eigenvalue weighted by Gasteiger charge is 2.29. The second-order valence-corrected chi connectivity index (χ2v) is 8.18. The zero-order chi connectivity index (χ0) is 26.2. The Labute approximate surface area is 211 Å². The van der Waals surface area contributed by atoms with Crippen molar-refractivity contribution in [1.29, 1.82) is 0 Å². The summed E-state index contributed by atoms with van der Waals surface area (Å²) in [6.45, 7) is 4.78. The van der Waals surface area contributed by atoms with E-state index in [0.717, 1.165) is 14.8 Å². The van der Waals surface area contributed by atoms with Gasteiger partial charge in [0.15, 0.2) is 5.82 Å². The van der Waals surface area contributed by atoms with Crippen LogP contribution >= 0.6 is 23.2 Å². The molecular formula is C24H27Cl2F3N4O2. The first-order valence-electron chi connectivity index (χ1n) is 11.1. The lowest BCUT2D eigenvalue weighted by molar-refractivity contribution is -0.136. The Hall–Kier alpha value is -2.78. The van der Waals surface area contributed by atoms with Crippen molar-refractivity contribution < 1.29 is 18.0 Å². The third-order valence-electron chi connectivity index (χ3n) is 4.96. The van der Waals surface area contributed by atoms with E-state index in [0.29, 0.717) is 22.0 Å². The second kappa shape index (κ2) is 12.8. The Bertz CT molecular complexity index is 1170. The van der Waals surface area contributed by atoms with Crippen molar-refractivity contribution in [1.82, 2.24) is 19.7 Å². The number of amides is 1. The van der Waals surface area contributed by atoms with E-state index in [4.69, 9.17) is 23.2 Å². The van der Waals surface area contributed by atoms with Gasteiger partial charge in [-0.05, 0) is 42.3 Å². The van der Waals surface area contributed by atoms with E-state index in [-0.39, 0.29) is 5.82 Å². The topological polar surface area (TPSA) is 68.9 Å². The van der Waals surface area contributed by atoms with E-state index < -0.39 is 43.3 Å². The van der Waals surface area contributed by atoms with Crippen molar-refractivity contribution in [2.75, 3.05) is 0 Å². The average Bonchev–Trinajstić information content (AvgIpc) is 3.13. The molecule has 0 saturated heterocycles. The fourth-order valence-electron chi connectivity index (χ4n) is 3.33. The van der Waals surface area contributed by atoms with Gasteiger partial charge in [-0.1, -0.05) is 62.2 Å². The van der Waals surface area contributed by atoms with Crippen LogP contribution in [0, 0.1) is 0 Å².